The van der Waals surface area contributed by atoms with E-state index in [1.807, 2.05) is 12.1 Å². The lowest BCUT2D eigenvalue weighted by atomic mass is 9.72. The number of hydrogen-bond acceptors (Lipinski definition) is 3. The van der Waals surface area contributed by atoms with Crippen LogP contribution in [0.5, 0.6) is 0 Å². The van der Waals surface area contributed by atoms with Gasteiger partial charge in [0.05, 0.1) is 5.60 Å². The van der Waals surface area contributed by atoms with Crippen molar-refractivity contribution in [2.75, 3.05) is 32.7 Å². The van der Waals surface area contributed by atoms with Crippen LogP contribution in [-0.2, 0) is 0 Å². The molecule has 0 aromatic heterocycles. The molecule has 3 heteroatoms. The van der Waals surface area contributed by atoms with Crippen LogP contribution < -0.4 is 5.32 Å². The average molecular weight is 312 g/mol. The zero-order chi connectivity index (χ0) is 16.1. The fourth-order valence-corrected chi connectivity index (χ4v) is 4.10. The zero-order valence-electron chi connectivity index (χ0n) is 13.9. The van der Waals surface area contributed by atoms with Gasteiger partial charge in [0.25, 0.3) is 0 Å². The molecule has 1 saturated carbocycles. The van der Waals surface area contributed by atoms with E-state index in [2.05, 4.69) is 28.3 Å². The summed E-state index contributed by atoms with van der Waals surface area (Å²) in [6, 6.07) is 8.23. The zero-order valence-corrected chi connectivity index (χ0v) is 13.9. The third-order valence-corrected chi connectivity index (χ3v) is 5.47. The van der Waals surface area contributed by atoms with Crippen molar-refractivity contribution in [3.63, 3.8) is 0 Å². The van der Waals surface area contributed by atoms with Crippen molar-refractivity contribution < 1.29 is 5.11 Å². The lowest BCUT2D eigenvalue weighted by Crippen LogP contribution is -2.49. The van der Waals surface area contributed by atoms with Crippen molar-refractivity contribution in [3.05, 3.63) is 35.4 Å². The first-order valence-electron chi connectivity index (χ1n) is 8.93. The van der Waals surface area contributed by atoms with E-state index in [9.17, 15) is 5.11 Å². The second-order valence-corrected chi connectivity index (χ2v) is 7.04. The average Bonchev–Trinajstić information content (AvgIpc) is 2.61. The van der Waals surface area contributed by atoms with Crippen molar-refractivity contribution >= 4 is 0 Å². The quantitative estimate of drug-likeness (QED) is 0.838. The number of nitrogens with one attached hydrogen (secondary N) is 1. The molecule has 2 N–H and O–H groups in total. The number of benzene rings is 1. The molecule has 1 aromatic rings. The summed E-state index contributed by atoms with van der Waals surface area (Å²) in [7, 11) is 0. The Morgan fingerprint density at radius 1 is 1.22 bits per heavy atom. The van der Waals surface area contributed by atoms with E-state index >= 15 is 0 Å². The second-order valence-electron chi connectivity index (χ2n) is 7.04. The first-order valence-corrected chi connectivity index (χ1v) is 8.93. The highest BCUT2D eigenvalue weighted by atomic mass is 16.3. The maximum Gasteiger partial charge on any atom is 0.0728 e. The van der Waals surface area contributed by atoms with E-state index in [1.54, 1.807) is 0 Å². The van der Waals surface area contributed by atoms with E-state index in [4.69, 9.17) is 6.42 Å². The second kappa shape index (κ2) is 7.49. The van der Waals surface area contributed by atoms with Crippen LogP contribution in [0.4, 0.5) is 0 Å². The SMILES string of the molecule is C#Cc1cccc([C@H](CN2CCNCC2)C2(O)CCCCC2)c1. The normalized spacial score (nSPS) is 23.1. The Morgan fingerprint density at radius 3 is 2.65 bits per heavy atom. The molecule has 0 bridgehead atoms. The number of piperazine rings is 1. The molecule has 1 saturated heterocycles. The molecule has 1 aliphatic carbocycles. The Hall–Kier alpha value is -1.34. The van der Waals surface area contributed by atoms with E-state index in [1.165, 1.54) is 12.0 Å². The Bertz CT molecular complexity index is 551. The van der Waals surface area contributed by atoms with Gasteiger partial charge in [-0.05, 0) is 30.5 Å². The van der Waals surface area contributed by atoms with Crippen LogP contribution in [0, 0.1) is 12.3 Å². The van der Waals surface area contributed by atoms with Gasteiger partial charge in [0.15, 0.2) is 0 Å². The highest BCUT2D eigenvalue weighted by molar-refractivity contribution is 5.38. The highest BCUT2D eigenvalue weighted by Crippen LogP contribution is 2.40. The minimum absolute atomic E-state index is 0.147. The predicted octanol–water partition coefficient (Wildman–Crippen LogP) is 2.35. The Kier molecular flexibility index (Phi) is 5.38. The van der Waals surface area contributed by atoms with Crippen molar-refractivity contribution in [2.24, 2.45) is 0 Å². The summed E-state index contributed by atoms with van der Waals surface area (Å²) in [5.41, 5.74) is 1.52. The molecule has 0 amide bonds. The molecule has 23 heavy (non-hydrogen) atoms. The Balaban J connectivity index is 1.86. The maximum absolute atomic E-state index is 11.4. The van der Waals surface area contributed by atoms with Gasteiger partial charge in [-0.15, -0.1) is 6.42 Å². The third-order valence-electron chi connectivity index (χ3n) is 5.47. The minimum atomic E-state index is -0.587. The van der Waals surface area contributed by atoms with Gasteiger partial charge in [0, 0.05) is 44.2 Å². The van der Waals surface area contributed by atoms with Gasteiger partial charge in [-0.2, -0.15) is 0 Å². The standard InChI is InChI=1S/C20H28N2O/c1-2-17-7-6-8-18(15-17)19(16-22-13-11-21-12-14-22)20(23)9-4-3-5-10-20/h1,6-8,15,19,21,23H,3-5,9-14,16H2/t19-/m0/s1. The molecule has 2 fully saturated rings. The summed E-state index contributed by atoms with van der Waals surface area (Å²) in [6.07, 6.45) is 10.9. The Morgan fingerprint density at radius 2 is 1.96 bits per heavy atom. The third kappa shape index (κ3) is 3.95. The van der Waals surface area contributed by atoms with Crippen LogP contribution in [0.15, 0.2) is 24.3 Å². The van der Waals surface area contributed by atoms with E-state index in [0.717, 1.165) is 64.0 Å². The Labute approximate surface area is 140 Å². The van der Waals surface area contributed by atoms with Gasteiger partial charge < -0.3 is 15.3 Å². The molecular formula is C20H28N2O. The number of nitrogens with zero attached hydrogens (tertiary/aromatic N) is 1. The van der Waals surface area contributed by atoms with E-state index < -0.39 is 5.60 Å². The van der Waals surface area contributed by atoms with Gasteiger partial charge in [-0.25, -0.2) is 0 Å². The first kappa shape index (κ1) is 16.5. The van der Waals surface area contributed by atoms with Gasteiger partial charge in [0.2, 0.25) is 0 Å². The van der Waals surface area contributed by atoms with Gasteiger partial charge in [-0.3, -0.25) is 0 Å². The predicted molar refractivity (Wildman–Crippen MR) is 94.5 cm³/mol. The lowest BCUT2D eigenvalue weighted by molar-refractivity contribution is -0.0316. The smallest absolute Gasteiger partial charge is 0.0728 e. The summed E-state index contributed by atoms with van der Waals surface area (Å²) >= 11 is 0. The molecule has 124 valence electrons. The molecule has 0 spiro atoms. The van der Waals surface area contributed by atoms with Crippen molar-refractivity contribution in [1.82, 2.24) is 10.2 Å². The number of rotatable bonds is 4. The summed E-state index contributed by atoms with van der Waals surface area (Å²) < 4.78 is 0. The fourth-order valence-electron chi connectivity index (χ4n) is 4.10. The monoisotopic (exact) mass is 312 g/mol. The van der Waals surface area contributed by atoms with Crippen molar-refractivity contribution in [1.29, 1.82) is 0 Å². The topological polar surface area (TPSA) is 35.5 Å². The van der Waals surface area contributed by atoms with Gasteiger partial charge in [0.1, 0.15) is 0 Å². The van der Waals surface area contributed by atoms with Crippen molar-refractivity contribution in [2.45, 2.75) is 43.6 Å². The molecule has 1 aliphatic heterocycles. The summed E-state index contributed by atoms with van der Waals surface area (Å²) in [5.74, 6) is 2.88. The van der Waals surface area contributed by atoms with Crippen LogP contribution in [0.2, 0.25) is 0 Å². The van der Waals surface area contributed by atoms with Crippen LogP contribution in [0.25, 0.3) is 0 Å². The van der Waals surface area contributed by atoms with Crippen LogP contribution in [0.3, 0.4) is 0 Å². The van der Waals surface area contributed by atoms with Gasteiger partial charge >= 0.3 is 0 Å². The summed E-state index contributed by atoms with van der Waals surface area (Å²) in [5, 5.41) is 14.8. The van der Waals surface area contributed by atoms with Crippen LogP contribution in [-0.4, -0.2) is 48.3 Å². The van der Waals surface area contributed by atoms with Crippen LogP contribution in [0.1, 0.15) is 49.1 Å². The molecule has 0 unspecified atom stereocenters. The molecule has 2 aliphatic rings. The molecule has 1 aromatic carbocycles. The first-order chi connectivity index (χ1) is 11.2. The summed E-state index contributed by atoms with van der Waals surface area (Å²) in [6.45, 7) is 5.11. The maximum atomic E-state index is 11.4. The number of aliphatic hydroxyl groups is 1. The van der Waals surface area contributed by atoms with E-state index in [0.29, 0.717) is 0 Å². The number of hydrogen-bond donors (Lipinski definition) is 2. The molecule has 0 radical (unpaired) electrons. The molecule has 3 rings (SSSR count). The molecular weight excluding hydrogens is 284 g/mol. The molecule has 1 atom stereocenters. The lowest BCUT2D eigenvalue weighted by Gasteiger charge is -2.42. The molecule has 3 nitrogen and oxygen atoms in total. The minimum Gasteiger partial charge on any atom is -0.389 e. The molecule has 1 heterocycles. The number of terminal acetylenes is 1. The fraction of sp³-hybridized carbons (Fsp3) is 0.600. The highest BCUT2D eigenvalue weighted by Gasteiger charge is 2.39. The van der Waals surface area contributed by atoms with Gasteiger partial charge in [-0.1, -0.05) is 37.3 Å². The van der Waals surface area contributed by atoms with Crippen molar-refractivity contribution in [3.8, 4) is 12.3 Å². The largest absolute Gasteiger partial charge is 0.389 e. The van der Waals surface area contributed by atoms with E-state index in [-0.39, 0.29) is 5.92 Å². The van der Waals surface area contributed by atoms with Crippen LogP contribution >= 0.6 is 0 Å². The summed E-state index contributed by atoms with van der Waals surface area (Å²) in [4.78, 5) is 2.48.